The summed E-state index contributed by atoms with van der Waals surface area (Å²) in [5.41, 5.74) is 1.04. The van der Waals surface area contributed by atoms with Crippen LogP contribution in [-0.4, -0.2) is 33.2 Å². The van der Waals surface area contributed by atoms with Gasteiger partial charge in [-0.15, -0.1) is 10.2 Å². The molecule has 1 aromatic heterocycles. The van der Waals surface area contributed by atoms with Gasteiger partial charge in [0, 0.05) is 24.0 Å². The molecule has 3 aromatic rings. The van der Waals surface area contributed by atoms with Crippen LogP contribution in [0.2, 0.25) is 0 Å². The van der Waals surface area contributed by atoms with Gasteiger partial charge in [0.1, 0.15) is 11.6 Å². The molecular formula is C20H19F2N3OS. The largest absolute Gasteiger partial charge is 0.377 e. The number of benzene rings is 2. The zero-order valence-electron chi connectivity index (χ0n) is 14.6. The topological polar surface area (TPSA) is 39.9 Å². The van der Waals surface area contributed by atoms with E-state index < -0.39 is 11.6 Å². The molecule has 2 aromatic carbocycles. The molecule has 0 amide bonds. The van der Waals surface area contributed by atoms with Crippen molar-refractivity contribution in [2.75, 3.05) is 12.4 Å². The van der Waals surface area contributed by atoms with Gasteiger partial charge in [-0.25, -0.2) is 8.78 Å². The van der Waals surface area contributed by atoms with Gasteiger partial charge >= 0.3 is 0 Å². The van der Waals surface area contributed by atoms with Gasteiger partial charge in [0.05, 0.1) is 11.8 Å². The highest BCUT2D eigenvalue weighted by atomic mass is 32.2. The minimum Gasteiger partial charge on any atom is -0.377 e. The highest BCUT2D eigenvalue weighted by Crippen LogP contribution is 2.30. The summed E-state index contributed by atoms with van der Waals surface area (Å²) in [4.78, 5) is 0. The lowest BCUT2D eigenvalue weighted by atomic mass is 10.1. The average Bonchev–Trinajstić information content (AvgIpc) is 3.11. The van der Waals surface area contributed by atoms with Crippen LogP contribution in [0.4, 0.5) is 8.78 Å². The number of aromatic nitrogens is 3. The molecule has 0 radical (unpaired) electrons. The van der Waals surface area contributed by atoms with Gasteiger partial charge in [-0.05, 0) is 31.4 Å². The first-order valence-electron chi connectivity index (χ1n) is 8.93. The minimum absolute atomic E-state index is 0.159. The maximum atomic E-state index is 14.5. The molecule has 1 aliphatic rings. The Labute approximate surface area is 160 Å². The number of ether oxygens (including phenoxy) is 1. The lowest BCUT2D eigenvalue weighted by Crippen LogP contribution is -2.21. The Morgan fingerprint density at radius 2 is 1.93 bits per heavy atom. The predicted octanol–water partition coefficient (Wildman–Crippen LogP) is 4.87. The van der Waals surface area contributed by atoms with E-state index in [4.69, 9.17) is 4.74 Å². The van der Waals surface area contributed by atoms with Crippen LogP contribution in [-0.2, 0) is 4.74 Å². The van der Waals surface area contributed by atoms with Gasteiger partial charge in [-0.2, -0.15) is 0 Å². The van der Waals surface area contributed by atoms with Crippen molar-refractivity contribution < 1.29 is 13.5 Å². The van der Waals surface area contributed by atoms with E-state index in [9.17, 15) is 8.78 Å². The van der Waals surface area contributed by atoms with Crippen molar-refractivity contribution in [1.29, 1.82) is 0 Å². The normalized spacial score (nSPS) is 17.2. The van der Waals surface area contributed by atoms with E-state index >= 15 is 0 Å². The molecule has 0 bridgehead atoms. The molecule has 7 heteroatoms. The Hall–Kier alpha value is -2.25. The molecule has 4 rings (SSSR count). The second-order valence-corrected chi connectivity index (χ2v) is 7.39. The standard InChI is InChI=1S/C20H19F2N3OS/c21-15-9-10-18(17(22)12-15)25-19(14-6-2-1-3-7-14)23-24-20(25)27-13-16-8-4-5-11-26-16/h1-3,6-7,9-10,12,16H,4-5,8,11,13H2. The molecule has 140 valence electrons. The van der Waals surface area contributed by atoms with E-state index in [0.29, 0.717) is 11.0 Å². The lowest BCUT2D eigenvalue weighted by molar-refractivity contribution is 0.0315. The quantitative estimate of drug-likeness (QED) is 0.586. The second-order valence-electron chi connectivity index (χ2n) is 6.40. The smallest absolute Gasteiger partial charge is 0.196 e. The maximum Gasteiger partial charge on any atom is 0.196 e. The summed E-state index contributed by atoms with van der Waals surface area (Å²) >= 11 is 1.48. The van der Waals surface area contributed by atoms with Crippen LogP contribution in [0, 0.1) is 11.6 Å². The Bertz CT molecular complexity index is 911. The molecule has 0 spiro atoms. The van der Waals surface area contributed by atoms with Crippen molar-refractivity contribution in [2.24, 2.45) is 0 Å². The lowest BCUT2D eigenvalue weighted by Gasteiger charge is -2.22. The highest BCUT2D eigenvalue weighted by Gasteiger charge is 2.21. The number of halogens is 2. The fourth-order valence-corrected chi connectivity index (χ4v) is 4.13. The van der Waals surface area contributed by atoms with Gasteiger partial charge in [0.2, 0.25) is 0 Å². The van der Waals surface area contributed by atoms with Gasteiger partial charge in [-0.1, -0.05) is 42.1 Å². The van der Waals surface area contributed by atoms with E-state index in [1.807, 2.05) is 30.3 Å². The van der Waals surface area contributed by atoms with Crippen molar-refractivity contribution in [2.45, 2.75) is 30.5 Å². The molecule has 1 fully saturated rings. The maximum absolute atomic E-state index is 14.5. The van der Waals surface area contributed by atoms with Crippen LogP contribution < -0.4 is 0 Å². The predicted molar refractivity (Wildman–Crippen MR) is 101 cm³/mol. The number of nitrogens with zero attached hydrogens (tertiary/aromatic N) is 3. The fraction of sp³-hybridized carbons (Fsp3) is 0.300. The summed E-state index contributed by atoms with van der Waals surface area (Å²) < 4.78 is 35.4. The van der Waals surface area contributed by atoms with Crippen molar-refractivity contribution in [1.82, 2.24) is 14.8 Å². The Morgan fingerprint density at radius 1 is 1.07 bits per heavy atom. The first-order valence-corrected chi connectivity index (χ1v) is 9.91. The monoisotopic (exact) mass is 387 g/mol. The third-order valence-electron chi connectivity index (χ3n) is 4.49. The Balaban J connectivity index is 1.71. The SMILES string of the molecule is Fc1ccc(-n2c(SCC3CCCCO3)nnc2-c2ccccc2)c(F)c1. The second kappa shape index (κ2) is 8.19. The summed E-state index contributed by atoms with van der Waals surface area (Å²) in [5, 5.41) is 9.12. The molecule has 4 nitrogen and oxygen atoms in total. The third kappa shape index (κ3) is 4.04. The van der Waals surface area contributed by atoms with Gasteiger partial charge in [-0.3, -0.25) is 4.57 Å². The van der Waals surface area contributed by atoms with E-state index in [2.05, 4.69) is 10.2 Å². The Kier molecular flexibility index (Phi) is 5.50. The van der Waals surface area contributed by atoms with Gasteiger partial charge in [0.25, 0.3) is 0 Å². The highest BCUT2D eigenvalue weighted by molar-refractivity contribution is 7.99. The van der Waals surface area contributed by atoms with E-state index in [1.54, 1.807) is 4.57 Å². The molecule has 27 heavy (non-hydrogen) atoms. The summed E-state index contributed by atoms with van der Waals surface area (Å²) in [6.07, 6.45) is 3.42. The van der Waals surface area contributed by atoms with Crippen LogP contribution in [0.15, 0.2) is 53.7 Å². The van der Waals surface area contributed by atoms with Gasteiger partial charge < -0.3 is 4.74 Å². The Morgan fingerprint density at radius 3 is 2.67 bits per heavy atom. The fourth-order valence-electron chi connectivity index (χ4n) is 3.12. The van der Waals surface area contributed by atoms with Crippen LogP contribution in [0.5, 0.6) is 0 Å². The minimum atomic E-state index is -0.650. The molecule has 1 unspecified atom stereocenters. The first-order chi connectivity index (χ1) is 13.2. The molecule has 2 heterocycles. The third-order valence-corrected chi connectivity index (χ3v) is 5.55. The van der Waals surface area contributed by atoms with Crippen molar-refractivity contribution in [3.63, 3.8) is 0 Å². The number of hydrogen-bond donors (Lipinski definition) is 0. The van der Waals surface area contributed by atoms with Crippen LogP contribution in [0.25, 0.3) is 17.1 Å². The molecule has 1 atom stereocenters. The van der Waals surface area contributed by atoms with Crippen LogP contribution >= 0.6 is 11.8 Å². The molecule has 0 N–H and O–H groups in total. The molecule has 1 aliphatic heterocycles. The van der Waals surface area contributed by atoms with E-state index in [1.165, 1.54) is 23.9 Å². The van der Waals surface area contributed by atoms with Crippen molar-refractivity contribution in [3.8, 4) is 17.1 Å². The number of hydrogen-bond acceptors (Lipinski definition) is 4. The zero-order chi connectivity index (χ0) is 18.6. The first kappa shape index (κ1) is 18.1. The van der Waals surface area contributed by atoms with Crippen LogP contribution in [0.1, 0.15) is 19.3 Å². The summed E-state index contributed by atoms with van der Waals surface area (Å²) in [6.45, 7) is 0.778. The molecule has 0 saturated carbocycles. The number of rotatable bonds is 5. The van der Waals surface area contributed by atoms with Crippen molar-refractivity contribution in [3.05, 3.63) is 60.2 Å². The van der Waals surface area contributed by atoms with Crippen LogP contribution in [0.3, 0.4) is 0 Å². The molecule has 1 saturated heterocycles. The van der Waals surface area contributed by atoms with Crippen molar-refractivity contribution >= 4 is 11.8 Å². The molecular weight excluding hydrogens is 368 g/mol. The van der Waals surface area contributed by atoms with E-state index in [-0.39, 0.29) is 11.8 Å². The average molecular weight is 387 g/mol. The van der Waals surface area contributed by atoms with E-state index in [0.717, 1.165) is 43.3 Å². The summed E-state index contributed by atoms with van der Waals surface area (Å²) in [5.74, 6) is -0.0262. The summed E-state index contributed by atoms with van der Waals surface area (Å²) in [6, 6.07) is 13.0. The zero-order valence-corrected chi connectivity index (χ0v) is 15.5. The van der Waals surface area contributed by atoms with Gasteiger partial charge in [0.15, 0.2) is 11.0 Å². The molecule has 0 aliphatic carbocycles. The number of thioether (sulfide) groups is 1. The summed E-state index contributed by atoms with van der Waals surface area (Å²) in [7, 11) is 0.